The number of nitrogens with zero attached hydrogens (tertiary/aromatic N) is 4. The standard InChI is InChI=1S/C35H42N6O5/c1-7-32(42)41-13-12-40(19-23(41)4)20-31(29-11-10-25(17-37-29)24-8-9-24)46-30-15-21(2)27(16-28(30)34(43)36-5)35(44)39-33-22(3)14-26(45-6)18-38-33/h7,10-11,14-18,23-24,31H,1,8-9,12-13,19-20H2,2-6H3,(H,36,43)(H,38,39,44)/t23-,31-/m1/s1. The first-order chi connectivity index (χ1) is 22.1. The van der Waals surface area contributed by atoms with Crippen LogP contribution in [0.2, 0.25) is 0 Å². The maximum absolute atomic E-state index is 13.4. The number of aromatic nitrogens is 2. The molecule has 1 saturated carbocycles. The highest BCUT2D eigenvalue weighted by atomic mass is 16.5. The van der Waals surface area contributed by atoms with Gasteiger partial charge >= 0.3 is 0 Å². The minimum atomic E-state index is -0.518. The number of hydrogen-bond acceptors (Lipinski definition) is 8. The van der Waals surface area contributed by atoms with Crippen LogP contribution in [0.3, 0.4) is 0 Å². The number of anilines is 1. The summed E-state index contributed by atoms with van der Waals surface area (Å²) in [7, 11) is 3.09. The molecule has 2 N–H and O–H groups in total. The van der Waals surface area contributed by atoms with Crippen LogP contribution in [0.1, 0.15) is 74.9 Å². The molecule has 11 nitrogen and oxygen atoms in total. The summed E-state index contributed by atoms with van der Waals surface area (Å²) in [6.45, 7) is 11.7. The van der Waals surface area contributed by atoms with E-state index in [0.29, 0.717) is 60.5 Å². The molecule has 46 heavy (non-hydrogen) atoms. The number of carbonyl (C=O) groups excluding carboxylic acids is 3. The number of rotatable bonds is 11. The van der Waals surface area contributed by atoms with E-state index >= 15 is 0 Å². The first kappa shape index (κ1) is 32.6. The number of carbonyl (C=O) groups is 3. The zero-order valence-electron chi connectivity index (χ0n) is 27.1. The molecule has 1 aliphatic heterocycles. The Morgan fingerprint density at radius 3 is 2.43 bits per heavy atom. The van der Waals surface area contributed by atoms with E-state index in [1.54, 1.807) is 32.2 Å². The second kappa shape index (κ2) is 14.1. The van der Waals surface area contributed by atoms with Crippen LogP contribution in [-0.2, 0) is 4.79 Å². The molecule has 11 heteroatoms. The lowest BCUT2D eigenvalue weighted by Crippen LogP contribution is -2.54. The molecule has 1 saturated heterocycles. The number of piperazine rings is 1. The Morgan fingerprint density at radius 1 is 1.04 bits per heavy atom. The summed E-state index contributed by atoms with van der Waals surface area (Å²) in [6.07, 6.45) is 6.64. The Kier molecular flexibility index (Phi) is 10.0. The predicted octanol–water partition coefficient (Wildman–Crippen LogP) is 4.43. The Bertz CT molecular complexity index is 1620. The van der Waals surface area contributed by atoms with Crippen LogP contribution in [0.25, 0.3) is 0 Å². The van der Waals surface area contributed by atoms with Crippen LogP contribution in [0.5, 0.6) is 11.5 Å². The van der Waals surface area contributed by atoms with Gasteiger partial charge in [-0.2, -0.15) is 0 Å². The first-order valence-electron chi connectivity index (χ1n) is 15.6. The minimum absolute atomic E-state index is 0.00426. The quantitative estimate of drug-likeness (QED) is 0.300. The Morgan fingerprint density at radius 2 is 1.83 bits per heavy atom. The number of benzene rings is 1. The number of ether oxygens (including phenoxy) is 2. The predicted molar refractivity (Wildman–Crippen MR) is 175 cm³/mol. The third-order valence-electron chi connectivity index (χ3n) is 8.61. The first-order valence-corrected chi connectivity index (χ1v) is 15.6. The van der Waals surface area contributed by atoms with Crippen molar-refractivity contribution in [2.24, 2.45) is 0 Å². The van der Waals surface area contributed by atoms with Crippen molar-refractivity contribution in [2.45, 2.75) is 51.7 Å². The molecule has 1 aliphatic carbocycles. The molecular weight excluding hydrogens is 584 g/mol. The molecule has 2 aromatic heterocycles. The molecule has 1 aromatic carbocycles. The van der Waals surface area contributed by atoms with E-state index < -0.39 is 12.0 Å². The Labute approximate surface area is 270 Å². The van der Waals surface area contributed by atoms with Crippen molar-refractivity contribution in [1.29, 1.82) is 0 Å². The smallest absolute Gasteiger partial charge is 0.257 e. The summed E-state index contributed by atoms with van der Waals surface area (Å²) in [4.78, 5) is 52.1. The highest BCUT2D eigenvalue weighted by Gasteiger charge is 2.31. The second-order valence-electron chi connectivity index (χ2n) is 12.0. The van der Waals surface area contributed by atoms with Gasteiger partial charge in [-0.05, 0) is 86.6 Å². The number of aryl methyl sites for hydroxylation is 2. The van der Waals surface area contributed by atoms with Gasteiger partial charge in [-0.1, -0.05) is 12.6 Å². The van der Waals surface area contributed by atoms with Gasteiger partial charge in [-0.15, -0.1) is 0 Å². The van der Waals surface area contributed by atoms with E-state index in [9.17, 15) is 14.4 Å². The lowest BCUT2D eigenvalue weighted by atomic mass is 10.0. The average Bonchev–Trinajstić information content (AvgIpc) is 3.91. The average molecular weight is 627 g/mol. The van der Waals surface area contributed by atoms with Crippen LogP contribution in [0.4, 0.5) is 5.82 Å². The fraction of sp³-hybridized carbons (Fsp3) is 0.400. The summed E-state index contributed by atoms with van der Waals surface area (Å²) in [5, 5.41) is 5.53. The van der Waals surface area contributed by atoms with Gasteiger partial charge in [0.1, 0.15) is 17.3 Å². The van der Waals surface area contributed by atoms with E-state index in [1.165, 1.54) is 37.7 Å². The SMILES string of the molecule is C=CC(=O)N1CCN(C[C@@H](Oc2cc(C)c(C(=O)Nc3ncc(OC)cc3C)cc2C(=O)NC)c2ccc(C3CC3)cn2)C[C@H]1C. The number of pyridine rings is 2. The van der Waals surface area contributed by atoms with Gasteiger partial charge in [0, 0.05) is 51.0 Å². The molecule has 0 spiro atoms. The van der Waals surface area contributed by atoms with Crippen LogP contribution in [0, 0.1) is 13.8 Å². The van der Waals surface area contributed by atoms with Crippen LogP contribution < -0.4 is 20.1 Å². The molecule has 0 radical (unpaired) electrons. The Hall–Kier alpha value is -4.77. The molecule has 0 bridgehead atoms. The number of amides is 3. The lowest BCUT2D eigenvalue weighted by molar-refractivity contribution is -0.130. The summed E-state index contributed by atoms with van der Waals surface area (Å²) in [5.41, 5.74) is 3.88. The van der Waals surface area contributed by atoms with Crippen LogP contribution in [0.15, 0.2) is 55.4 Å². The van der Waals surface area contributed by atoms with Crippen molar-refractivity contribution >= 4 is 23.5 Å². The summed E-state index contributed by atoms with van der Waals surface area (Å²) < 4.78 is 11.9. The molecule has 3 amide bonds. The molecule has 2 fully saturated rings. The van der Waals surface area contributed by atoms with Gasteiger partial charge < -0.3 is 25.0 Å². The van der Waals surface area contributed by atoms with Crippen molar-refractivity contribution in [2.75, 3.05) is 45.7 Å². The third-order valence-corrected chi connectivity index (χ3v) is 8.61. The second-order valence-corrected chi connectivity index (χ2v) is 12.0. The third kappa shape index (κ3) is 7.37. The van der Waals surface area contributed by atoms with E-state index in [4.69, 9.17) is 14.5 Å². The van der Waals surface area contributed by atoms with Gasteiger partial charge in [0.05, 0.1) is 24.6 Å². The summed E-state index contributed by atoms with van der Waals surface area (Å²) in [5.74, 6) is 1.03. The fourth-order valence-corrected chi connectivity index (χ4v) is 5.79. The summed E-state index contributed by atoms with van der Waals surface area (Å²) >= 11 is 0. The number of hydrogen-bond donors (Lipinski definition) is 2. The largest absolute Gasteiger partial charge is 0.495 e. The fourth-order valence-electron chi connectivity index (χ4n) is 5.79. The van der Waals surface area contributed by atoms with E-state index in [0.717, 1.165) is 11.3 Å². The molecule has 5 rings (SSSR count). The molecule has 3 aromatic rings. The number of nitrogens with one attached hydrogen (secondary N) is 2. The maximum atomic E-state index is 13.4. The molecular formula is C35H42N6O5. The van der Waals surface area contributed by atoms with Gasteiger partial charge in [-0.25, -0.2) is 4.98 Å². The van der Waals surface area contributed by atoms with Crippen molar-refractivity contribution < 1.29 is 23.9 Å². The van der Waals surface area contributed by atoms with Crippen molar-refractivity contribution in [1.82, 2.24) is 25.1 Å². The molecule has 2 atom stereocenters. The molecule has 0 unspecified atom stereocenters. The molecule has 3 heterocycles. The topological polar surface area (TPSA) is 126 Å². The Balaban J connectivity index is 1.43. The minimum Gasteiger partial charge on any atom is -0.495 e. The van der Waals surface area contributed by atoms with Gasteiger partial charge in [0.25, 0.3) is 11.8 Å². The van der Waals surface area contributed by atoms with Crippen LogP contribution >= 0.6 is 0 Å². The van der Waals surface area contributed by atoms with E-state index in [2.05, 4.69) is 33.2 Å². The van der Waals surface area contributed by atoms with E-state index in [-0.39, 0.29) is 23.4 Å². The van der Waals surface area contributed by atoms with Crippen molar-refractivity contribution in [3.63, 3.8) is 0 Å². The van der Waals surface area contributed by atoms with E-state index in [1.807, 2.05) is 31.0 Å². The van der Waals surface area contributed by atoms with Gasteiger partial charge in [-0.3, -0.25) is 24.3 Å². The number of methoxy groups -OCH3 is 1. The maximum Gasteiger partial charge on any atom is 0.257 e. The van der Waals surface area contributed by atoms with Gasteiger partial charge in [0.2, 0.25) is 5.91 Å². The monoisotopic (exact) mass is 626 g/mol. The normalized spacial score (nSPS) is 17.2. The van der Waals surface area contributed by atoms with Gasteiger partial charge in [0.15, 0.2) is 6.10 Å². The van der Waals surface area contributed by atoms with Crippen molar-refractivity contribution in [3.05, 3.63) is 88.9 Å². The van der Waals surface area contributed by atoms with Crippen LogP contribution in [-0.4, -0.2) is 83.9 Å². The lowest BCUT2D eigenvalue weighted by Gasteiger charge is -2.40. The van der Waals surface area contributed by atoms with Crippen molar-refractivity contribution in [3.8, 4) is 11.5 Å². The zero-order chi connectivity index (χ0) is 33.0. The molecule has 2 aliphatic rings. The highest BCUT2D eigenvalue weighted by molar-refractivity contribution is 6.07. The zero-order valence-corrected chi connectivity index (χ0v) is 27.1. The molecule has 242 valence electrons. The highest BCUT2D eigenvalue weighted by Crippen LogP contribution is 2.40. The summed E-state index contributed by atoms with van der Waals surface area (Å²) in [6, 6.07) is 9.16.